The number of ketones is 1. The minimum atomic E-state index is -0.728. The van der Waals surface area contributed by atoms with Gasteiger partial charge in [-0.1, -0.05) is 23.7 Å². The molecule has 1 amide bonds. The van der Waals surface area contributed by atoms with E-state index in [-0.39, 0.29) is 29.2 Å². The molecule has 33 heavy (non-hydrogen) atoms. The summed E-state index contributed by atoms with van der Waals surface area (Å²) in [6, 6.07) is 11.9. The number of rotatable bonds is 7. The number of ether oxygens (including phenoxy) is 1. The average molecular weight is 469 g/mol. The predicted molar refractivity (Wildman–Crippen MR) is 125 cm³/mol. The van der Waals surface area contributed by atoms with Crippen LogP contribution in [0.4, 0.5) is 10.2 Å². The van der Waals surface area contributed by atoms with Crippen molar-refractivity contribution in [3.63, 3.8) is 0 Å². The molecule has 3 rings (SSSR count). The molecule has 3 aromatic rings. The van der Waals surface area contributed by atoms with Gasteiger partial charge in [0.1, 0.15) is 23.2 Å². The van der Waals surface area contributed by atoms with Crippen LogP contribution in [-0.2, 0) is 6.42 Å². The molecule has 1 aromatic heterocycles. The van der Waals surface area contributed by atoms with Gasteiger partial charge in [0.05, 0.1) is 17.7 Å². The minimum absolute atomic E-state index is 0.119. The van der Waals surface area contributed by atoms with Gasteiger partial charge in [0, 0.05) is 37.8 Å². The van der Waals surface area contributed by atoms with Gasteiger partial charge >= 0.3 is 0 Å². The van der Waals surface area contributed by atoms with Gasteiger partial charge in [0.15, 0.2) is 5.78 Å². The molecule has 0 atom stereocenters. The van der Waals surface area contributed by atoms with Gasteiger partial charge in [-0.15, -0.1) is 0 Å². The monoisotopic (exact) mass is 468 g/mol. The third-order valence-electron chi connectivity index (χ3n) is 4.87. The zero-order valence-corrected chi connectivity index (χ0v) is 19.0. The number of pyridine rings is 1. The summed E-state index contributed by atoms with van der Waals surface area (Å²) in [6.45, 7) is 0. The van der Waals surface area contributed by atoms with E-state index in [4.69, 9.17) is 21.7 Å². The molecule has 0 unspecified atom stereocenters. The van der Waals surface area contributed by atoms with Crippen LogP contribution < -0.4 is 10.1 Å². The van der Waals surface area contributed by atoms with Crippen LogP contribution in [0.15, 0.2) is 54.7 Å². The Hall–Kier alpha value is -3.78. The van der Waals surface area contributed by atoms with E-state index in [0.717, 1.165) is 6.07 Å². The fraction of sp³-hybridized carbons (Fsp3) is 0.167. The van der Waals surface area contributed by atoms with E-state index in [0.29, 0.717) is 21.9 Å². The highest BCUT2D eigenvalue weighted by Gasteiger charge is 2.20. The number of Topliss-reactive ketones (excluding diaryl/α,β-unsaturated/α-hetero) is 1. The number of aromatic nitrogens is 1. The number of carbonyl (C=O) groups excluding carboxylic acids is 2. The van der Waals surface area contributed by atoms with E-state index < -0.39 is 17.5 Å². The van der Waals surface area contributed by atoms with E-state index in [1.54, 1.807) is 38.4 Å². The Bertz CT molecular complexity index is 1210. The molecule has 0 fully saturated rings. The molecule has 2 N–H and O–H groups in total. The minimum Gasteiger partial charge on any atom is -0.497 e. The van der Waals surface area contributed by atoms with Crippen molar-refractivity contribution in [2.45, 2.75) is 6.42 Å². The van der Waals surface area contributed by atoms with Gasteiger partial charge in [-0.05, 0) is 42.0 Å². The lowest BCUT2D eigenvalue weighted by Crippen LogP contribution is -2.22. The van der Waals surface area contributed by atoms with Gasteiger partial charge in [-0.2, -0.15) is 0 Å². The molecule has 2 aromatic carbocycles. The van der Waals surface area contributed by atoms with E-state index in [1.165, 1.54) is 36.4 Å². The van der Waals surface area contributed by atoms with E-state index in [9.17, 15) is 14.0 Å². The van der Waals surface area contributed by atoms with Crippen molar-refractivity contribution < 1.29 is 18.7 Å². The number of nitrogens with one attached hydrogen (secondary N) is 2. The Morgan fingerprint density at radius 1 is 1.12 bits per heavy atom. The highest BCUT2D eigenvalue weighted by atomic mass is 35.5. The van der Waals surface area contributed by atoms with Gasteiger partial charge in [-0.3, -0.25) is 15.0 Å². The van der Waals surface area contributed by atoms with Crippen molar-refractivity contribution in [1.82, 2.24) is 9.88 Å². The lowest BCUT2D eigenvalue weighted by Gasteiger charge is -2.15. The lowest BCUT2D eigenvalue weighted by molar-refractivity contribution is 0.0988. The average Bonchev–Trinajstić information content (AvgIpc) is 2.79. The fourth-order valence-corrected chi connectivity index (χ4v) is 3.21. The van der Waals surface area contributed by atoms with Crippen molar-refractivity contribution in [2.75, 3.05) is 26.5 Å². The van der Waals surface area contributed by atoms with E-state index >= 15 is 0 Å². The first kappa shape index (κ1) is 23.9. The Kier molecular flexibility index (Phi) is 7.40. The van der Waals surface area contributed by atoms with Crippen LogP contribution in [0, 0.1) is 11.2 Å². The standard InChI is InChI=1S/C24H22ClFN4O3/c1-30(2)23(27)15-5-8-18(20(26)10-15)21(31)11-14-4-7-17(33-3)12-19(14)24(32)29-22-9-6-16(25)13-28-22/h4-10,12-13,27H,11H2,1-3H3,(H,28,29,32). The number of halogens is 2. The molecule has 0 bridgehead atoms. The van der Waals surface area contributed by atoms with Crippen LogP contribution in [-0.4, -0.2) is 48.6 Å². The molecular weight excluding hydrogens is 447 g/mol. The van der Waals surface area contributed by atoms with Gasteiger partial charge in [0.25, 0.3) is 5.91 Å². The molecule has 170 valence electrons. The van der Waals surface area contributed by atoms with Gasteiger partial charge < -0.3 is 15.0 Å². The third kappa shape index (κ3) is 5.72. The summed E-state index contributed by atoms with van der Waals surface area (Å²) in [7, 11) is 4.81. The number of carbonyl (C=O) groups is 2. The van der Waals surface area contributed by atoms with Gasteiger partial charge in [0.2, 0.25) is 0 Å². The maximum atomic E-state index is 14.7. The third-order valence-corrected chi connectivity index (χ3v) is 5.10. The zero-order chi connectivity index (χ0) is 24.1. The van der Waals surface area contributed by atoms with Crippen molar-refractivity contribution in [3.8, 4) is 5.75 Å². The highest BCUT2D eigenvalue weighted by Crippen LogP contribution is 2.22. The topological polar surface area (TPSA) is 95.4 Å². The van der Waals surface area contributed by atoms with Crippen LogP contribution in [0.2, 0.25) is 5.02 Å². The first-order valence-corrected chi connectivity index (χ1v) is 10.3. The summed E-state index contributed by atoms with van der Waals surface area (Å²) < 4.78 is 19.9. The summed E-state index contributed by atoms with van der Waals surface area (Å²) in [5, 5.41) is 11.0. The maximum Gasteiger partial charge on any atom is 0.257 e. The number of nitrogens with zero attached hydrogens (tertiary/aromatic N) is 2. The summed E-state index contributed by atoms with van der Waals surface area (Å²) >= 11 is 5.83. The second-order valence-electron chi connectivity index (χ2n) is 7.38. The molecule has 0 aliphatic heterocycles. The lowest BCUT2D eigenvalue weighted by atomic mass is 9.97. The Labute approximate surface area is 195 Å². The van der Waals surface area contributed by atoms with Crippen LogP contribution in [0.5, 0.6) is 5.75 Å². The normalized spacial score (nSPS) is 10.5. The molecule has 0 aliphatic rings. The molecule has 0 saturated heterocycles. The summed E-state index contributed by atoms with van der Waals surface area (Å²) in [5.74, 6) is -0.888. The Morgan fingerprint density at radius 2 is 1.88 bits per heavy atom. The first-order chi connectivity index (χ1) is 15.7. The van der Waals surface area contributed by atoms with Crippen molar-refractivity contribution in [2.24, 2.45) is 0 Å². The summed E-state index contributed by atoms with van der Waals surface area (Å²) in [5.41, 5.74) is 0.837. The molecule has 0 radical (unpaired) electrons. The number of methoxy groups -OCH3 is 1. The molecule has 0 spiro atoms. The molecule has 0 saturated carbocycles. The number of hydrogen-bond donors (Lipinski definition) is 2. The van der Waals surface area contributed by atoms with Crippen molar-refractivity contribution in [3.05, 3.63) is 87.8 Å². The number of hydrogen-bond acceptors (Lipinski definition) is 5. The second kappa shape index (κ2) is 10.2. The van der Waals surface area contributed by atoms with Crippen LogP contribution in [0.3, 0.4) is 0 Å². The number of amides is 1. The quantitative estimate of drug-likeness (QED) is 0.303. The summed E-state index contributed by atoms with van der Waals surface area (Å²) in [4.78, 5) is 31.4. The largest absolute Gasteiger partial charge is 0.497 e. The number of anilines is 1. The van der Waals surface area contributed by atoms with Crippen molar-refractivity contribution in [1.29, 1.82) is 5.41 Å². The molecule has 9 heteroatoms. The van der Waals surface area contributed by atoms with Crippen LogP contribution in [0.25, 0.3) is 0 Å². The molecular formula is C24H22ClFN4O3. The first-order valence-electron chi connectivity index (χ1n) is 9.88. The highest BCUT2D eigenvalue weighted by molar-refractivity contribution is 6.30. The summed E-state index contributed by atoms with van der Waals surface area (Å²) in [6.07, 6.45) is 1.19. The van der Waals surface area contributed by atoms with E-state index in [1.807, 2.05) is 0 Å². The van der Waals surface area contributed by atoms with Gasteiger partial charge in [-0.25, -0.2) is 9.37 Å². The zero-order valence-electron chi connectivity index (χ0n) is 18.3. The Morgan fingerprint density at radius 3 is 2.48 bits per heavy atom. The Balaban J connectivity index is 1.87. The SMILES string of the molecule is COc1ccc(CC(=O)c2ccc(C(=N)N(C)C)cc2F)c(C(=O)Nc2ccc(Cl)cn2)c1. The number of benzene rings is 2. The van der Waals surface area contributed by atoms with Crippen LogP contribution in [0.1, 0.15) is 31.8 Å². The molecule has 1 heterocycles. The molecule has 0 aliphatic carbocycles. The smallest absolute Gasteiger partial charge is 0.257 e. The van der Waals surface area contributed by atoms with E-state index in [2.05, 4.69) is 10.3 Å². The molecule has 7 nitrogen and oxygen atoms in total. The predicted octanol–water partition coefficient (Wildman–Crippen LogP) is 4.45. The second-order valence-corrected chi connectivity index (χ2v) is 7.81. The fourth-order valence-electron chi connectivity index (χ4n) is 3.10. The number of amidine groups is 1. The van der Waals surface area contributed by atoms with Crippen LogP contribution >= 0.6 is 11.6 Å². The van der Waals surface area contributed by atoms with Crippen molar-refractivity contribution >= 4 is 34.9 Å². The maximum absolute atomic E-state index is 14.7.